The molecule has 2 atom stereocenters. The van der Waals surface area contributed by atoms with Crippen molar-refractivity contribution in [1.82, 2.24) is 10.6 Å². The van der Waals surface area contributed by atoms with Crippen molar-refractivity contribution in [1.29, 1.82) is 0 Å². The fraction of sp³-hybridized carbons (Fsp3) is 0.160. The fourth-order valence-corrected chi connectivity index (χ4v) is 3.68. The van der Waals surface area contributed by atoms with Gasteiger partial charge in [0.05, 0.1) is 24.9 Å². The molecule has 4 heteroatoms. The van der Waals surface area contributed by atoms with E-state index in [9.17, 15) is 4.79 Å². The number of carbonyl (C=O) groups excluding carboxylic acids is 1. The predicted octanol–water partition coefficient (Wildman–Crippen LogP) is 4.99. The van der Waals surface area contributed by atoms with E-state index in [0.29, 0.717) is 0 Å². The first-order valence-corrected chi connectivity index (χ1v) is 9.81. The zero-order chi connectivity index (χ0) is 20.1. The molecule has 2 N–H and O–H groups in total. The lowest BCUT2D eigenvalue weighted by Gasteiger charge is -2.20. The molecule has 0 spiro atoms. The van der Waals surface area contributed by atoms with Crippen molar-refractivity contribution < 1.29 is 9.21 Å². The molecule has 0 aliphatic carbocycles. The van der Waals surface area contributed by atoms with Crippen LogP contribution in [0.15, 0.2) is 95.6 Å². The monoisotopic (exact) mass is 384 g/mol. The molecule has 1 heterocycles. The number of nitrogens with one attached hydrogen (secondary N) is 2. The van der Waals surface area contributed by atoms with Crippen molar-refractivity contribution in [3.05, 3.63) is 108 Å². The molecule has 4 aromatic rings. The van der Waals surface area contributed by atoms with Gasteiger partial charge in [-0.3, -0.25) is 10.1 Å². The van der Waals surface area contributed by atoms with Gasteiger partial charge in [-0.05, 0) is 41.0 Å². The highest BCUT2D eigenvalue weighted by molar-refractivity contribution is 5.87. The highest BCUT2D eigenvalue weighted by Crippen LogP contribution is 2.24. The zero-order valence-electron chi connectivity index (χ0n) is 16.3. The summed E-state index contributed by atoms with van der Waals surface area (Å²) in [5.41, 5.74) is 2.17. The van der Waals surface area contributed by atoms with Gasteiger partial charge in [0.25, 0.3) is 0 Å². The van der Waals surface area contributed by atoms with E-state index < -0.39 is 0 Å². The van der Waals surface area contributed by atoms with E-state index in [4.69, 9.17) is 4.42 Å². The van der Waals surface area contributed by atoms with Crippen molar-refractivity contribution in [3.63, 3.8) is 0 Å². The van der Waals surface area contributed by atoms with Crippen molar-refractivity contribution in [2.75, 3.05) is 6.54 Å². The Morgan fingerprint density at radius 3 is 2.45 bits per heavy atom. The smallest absolute Gasteiger partial charge is 0.234 e. The summed E-state index contributed by atoms with van der Waals surface area (Å²) < 4.78 is 5.59. The molecule has 1 amide bonds. The summed E-state index contributed by atoms with van der Waals surface area (Å²) in [6, 6.07) is 27.9. The number of furan rings is 1. The lowest BCUT2D eigenvalue weighted by atomic mass is 9.99. The summed E-state index contributed by atoms with van der Waals surface area (Å²) in [4.78, 5) is 12.7. The zero-order valence-corrected chi connectivity index (χ0v) is 16.3. The SMILES string of the molecule is C[C@@H](NC(=O)CN[C@@H](c1ccccc1)c1ccco1)c1cccc2ccccc12. The molecule has 29 heavy (non-hydrogen) atoms. The van der Waals surface area contributed by atoms with Crippen molar-refractivity contribution in [2.45, 2.75) is 19.0 Å². The lowest BCUT2D eigenvalue weighted by Crippen LogP contribution is -2.37. The molecule has 0 unspecified atom stereocenters. The van der Waals surface area contributed by atoms with Gasteiger partial charge in [0.15, 0.2) is 0 Å². The molecule has 3 aromatic carbocycles. The number of fused-ring (bicyclic) bond motifs is 1. The summed E-state index contributed by atoms with van der Waals surface area (Å²) in [5.74, 6) is 0.726. The van der Waals surface area contributed by atoms with E-state index in [-0.39, 0.29) is 24.5 Å². The minimum atomic E-state index is -0.176. The third-order valence-electron chi connectivity index (χ3n) is 5.09. The summed E-state index contributed by atoms with van der Waals surface area (Å²) in [5, 5.41) is 8.77. The Bertz CT molecular complexity index is 1070. The van der Waals surface area contributed by atoms with Gasteiger partial charge in [0, 0.05) is 0 Å². The Morgan fingerprint density at radius 1 is 0.897 bits per heavy atom. The van der Waals surface area contributed by atoms with Crippen LogP contribution >= 0.6 is 0 Å². The normalized spacial score (nSPS) is 13.1. The summed E-state index contributed by atoms with van der Waals surface area (Å²) >= 11 is 0. The molecule has 0 bridgehead atoms. The largest absolute Gasteiger partial charge is 0.467 e. The number of amides is 1. The maximum atomic E-state index is 12.7. The minimum Gasteiger partial charge on any atom is -0.467 e. The Morgan fingerprint density at radius 2 is 1.66 bits per heavy atom. The summed E-state index contributed by atoms with van der Waals surface area (Å²) in [6.45, 7) is 2.20. The van der Waals surface area contributed by atoms with Crippen LogP contribution in [0.1, 0.15) is 35.9 Å². The first-order chi connectivity index (χ1) is 14.2. The second-order valence-corrected chi connectivity index (χ2v) is 7.10. The van der Waals surface area contributed by atoms with Crippen LogP contribution < -0.4 is 10.6 Å². The first kappa shape index (κ1) is 19.0. The number of rotatable bonds is 7. The highest BCUT2D eigenvalue weighted by atomic mass is 16.3. The molecular formula is C25H24N2O2. The van der Waals surface area contributed by atoms with E-state index in [1.807, 2.05) is 67.6 Å². The maximum Gasteiger partial charge on any atom is 0.234 e. The first-order valence-electron chi connectivity index (χ1n) is 9.81. The van der Waals surface area contributed by atoms with E-state index in [1.54, 1.807) is 6.26 Å². The molecule has 0 saturated heterocycles. The average Bonchev–Trinajstić information content (AvgIpc) is 3.29. The molecule has 0 aliphatic rings. The highest BCUT2D eigenvalue weighted by Gasteiger charge is 2.18. The van der Waals surface area contributed by atoms with E-state index in [0.717, 1.165) is 22.3 Å². The Hall–Kier alpha value is -3.37. The van der Waals surface area contributed by atoms with Crippen LogP contribution in [0.2, 0.25) is 0 Å². The van der Waals surface area contributed by atoms with Crippen LogP contribution in [0.3, 0.4) is 0 Å². The van der Waals surface area contributed by atoms with Gasteiger partial charge >= 0.3 is 0 Å². The van der Waals surface area contributed by atoms with Crippen LogP contribution in [-0.4, -0.2) is 12.5 Å². The molecule has 0 fully saturated rings. The Kier molecular flexibility index (Phi) is 5.73. The average molecular weight is 384 g/mol. The minimum absolute atomic E-state index is 0.0575. The van der Waals surface area contributed by atoms with Crippen LogP contribution in [0.4, 0.5) is 0 Å². The van der Waals surface area contributed by atoms with Crippen LogP contribution in [0.5, 0.6) is 0 Å². The van der Waals surface area contributed by atoms with Gasteiger partial charge < -0.3 is 9.73 Å². The van der Waals surface area contributed by atoms with Gasteiger partial charge in [-0.1, -0.05) is 72.8 Å². The lowest BCUT2D eigenvalue weighted by molar-refractivity contribution is -0.121. The van der Waals surface area contributed by atoms with E-state index in [1.165, 1.54) is 5.39 Å². The second kappa shape index (κ2) is 8.76. The molecule has 0 saturated carbocycles. The second-order valence-electron chi connectivity index (χ2n) is 7.10. The number of hydrogen-bond acceptors (Lipinski definition) is 3. The predicted molar refractivity (Wildman–Crippen MR) is 116 cm³/mol. The maximum absolute atomic E-state index is 12.7. The molecule has 4 nitrogen and oxygen atoms in total. The van der Waals surface area contributed by atoms with Gasteiger partial charge in [-0.15, -0.1) is 0 Å². The summed E-state index contributed by atoms with van der Waals surface area (Å²) in [7, 11) is 0. The molecular weight excluding hydrogens is 360 g/mol. The number of carbonyl (C=O) groups is 1. The summed E-state index contributed by atoms with van der Waals surface area (Å²) in [6.07, 6.45) is 1.65. The standard InChI is InChI=1S/C25H24N2O2/c1-18(21-14-7-12-19-9-5-6-13-22(19)21)27-24(28)17-26-25(23-15-8-16-29-23)20-10-3-2-4-11-20/h2-16,18,25-26H,17H2,1H3,(H,27,28)/t18-,25+/m1/s1. The number of benzene rings is 3. The van der Waals surface area contributed by atoms with Crippen LogP contribution in [-0.2, 0) is 4.79 Å². The Labute approximate surface area is 170 Å². The van der Waals surface area contributed by atoms with Gasteiger partial charge in [-0.2, -0.15) is 0 Å². The number of hydrogen-bond donors (Lipinski definition) is 2. The van der Waals surface area contributed by atoms with Gasteiger partial charge in [-0.25, -0.2) is 0 Å². The quantitative estimate of drug-likeness (QED) is 0.472. The van der Waals surface area contributed by atoms with Crippen LogP contribution in [0.25, 0.3) is 10.8 Å². The van der Waals surface area contributed by atoms with Gasteiger partial charge in [0.1, 0.15) is 5.76 Å². The molecule has 0 radical (unpaired) electrons. The van der Waals surface area contributed by atoms with Gasteiger partial charge in [0.2, 0.25) is 5.91 Å². The third-order valence-corrected chi connectivity index (χ3v) is 5.09. The third kappa shape index (κ3) is 4.39. The topological polar surface area (TPSA) is 54.3 Å². The fourth-order valence-electron chi connectivity index (χ4n) is 3.68. The molecule has 4 rings (SSSR count). The van der Waals surface area contributed by atoms with Crippen molar-refractivity contribution in [3.8, 4) is 0 Å². The van der Waals surface area contributed by atoms with Crippen molar-refractivity contribution in [2.24, 2.45) is 0 Å². The van der Waals surface area contributed by atoms with Crippen LogP contribution in [0, 0.1) is 0 Å². The van der Waals surface area contributed by atoms with Crippen molar-refractivity contribution >= 4 is 16.7 Å². The molecule has 146 valence electrons. The Balaban J connectivity index is 1.45. The molecule has 0 aliphatic heterocycles. The van der Waals surface area contributed by atoms with E-state index >= 15 is 0 Å². The van der Waals surface area contributed by atoms with E-state index in [2.05, 4.69) is 34.9 Å². The molecule has 1 aromatic heterocycles.